The zero-order valence-electron chi connectivity index (χ0n) is 18.2. The molecular formula is C20H30N4O4S2. The van der Waals surface area contributed by atoms with E-state index in [1.54, 1.807) is 12.4 Å². The molecule has 0 spiro atoms. The van der Waals surface area contributed by atoms with Crippen LogP contribution in [0.4, 0.5) is 0 Å². The molecule has 2 aromatic rings. The van der Waals surface area contributed by atoms with Crippen molar-refractivity contribution >= 4 is 27.2 Å². The van der Waals surface area contributed by atoms with Crippen LogP contribution in [-0.2, 0) is 33.3 Å². The Kier molecular flexibility index (Phi) is 7.52. The van der Waals surface area contributed by atoms with E-state index in [1.165, 1.54) is 13.8 Å². The highest BCUT2D eigenvalue weighted by molar-refractivity contribution is 7.93. The number of amides is 1. The number of nitrogens with zero attached hydrogens (tertiary/aromatic N) is 3. The number of hydrogen-bond donors (Lipinski definition) is 3. The first-order chi connectivity index (χ1) is 13.8. The van der Waals surface area contributed by atoms with Crippen molar-refractivity contribution in [1.82, 2.24) is 9.97 Å². The minimum Gasteiger partial charge on any atom is -0.390 e. The first-order valence-corrected chi connectivity index (χ1v) is 12.0. The van der Waals surface area contributed by atoms with Gasteiger partial charge in [0.1, 0.15) is 14.8 Å². The number of aromatic nitrogens is 2. The molecule has 1 unspecified atom stereocenters. The first kappa shape index (κ1) is 24.5. The molecule has 166 valence electrons. The highest BCUT2D eigenvalue weighted by Crippen LogP contribution is 2.32. The van der Waals surface area contributed by atoms with E-state index < -0.39 is 28.0 Å². The van der Waals surface area contributed by atoms with Crippen LogP contribution in [0.25, 0.3) is 0 Å². The fourth-order valence-electron chi connectivity index (χ4n) is 3.02. The summed E-state index contributed by atoms with van der Waals surface area (Å²) >= 11 is 0.885. The van der Waals surface area contributed by atoms with Gasteiger partial charge in [-0.25, -0.2) is 14.3 Å². The molecule has 1 atom stereocenters. The number of aliphatic hydroxyl groups excluding tert-OH is 1. The molecule has 0 saturated carbocycles. The van der Waals surface area contributed by atoms with Crippen molar-refractivity contribution < 1.29 is 19.2 Å². The maximum Gasteiger partial charge on any atom is 0.259 e. The van der Waals surface area contributed by atoms with Gasteiger partial charge in [-0.2, -0.15) is 0 Å². The molecule has 0 saturated heterocycles. The number of rotatable bonds is 7. The van der Waals surface area contributed by atoms with Gasteiger partial charge in [0.05, 0.1) is 18.7 Å². The van der Waals surface area contributed by atoms with Crippen molar-refractivity contribution in [3.05, 3.63) is 39.8 Å². The second-order valence-electron chi connectivity index (χ2n) is 8.31. The van der Waals surface area contributed by atoms with Gasteiger partial charge in [-0.15, -0.1) is 15.7 Å². The van der Waals surface area contributed by atoms with Gasteiger partial charge in [-0.3, -0.25) is 9.78 Å². The second-order valence-corrected chi connectivity index (χ2v) is 11.3. The molecule has 0 aliphatic rings. The van der Waals surface area contributed by atoms with Crippen LogP contribution in [0.1, 0.15) is 80.8 Å². The van der Waals surface area contributed by atoms with Crippen LogP contribution in [0.5, 0.6) is 0 Å². The zero-order valence-corrected chi connectivity index (χ0v) is 19.8. The number of thiazole rings is 1. The predicted octanol–water partition coefficient (Wildman–Crippen LogP) is 2.97. The average Bonchev–Trinajstić information content (AvgIpc) is 3.06. The summed E-state index contributed by atoms with van der Waals surface area (Å²) < 4.78 is 16.9. The lowest BCUT2D eigenvalue weighted by Crippen LogP contribution is -2.17. The standard InChI is InChI=1S/C20H30N4O4S2/c1-11(2)14-8-22-9-15(12(3)4)13(14)7-17(26)24-30(21,28)18-16(10-25)23-19(29-18)20(5,6)27/h8-9,11-12,25,27H,7,10H2,1-6H3,(H2,21,24,26,28). The van der Waals surface area contributed by atoms with Gasteiger partial charge in [-0.1, -0.05) is 27.7 Å². The van der Waals surface area contributed by atoms with Gasteiger partial charge < -0.3 is 10.2 Å². The SMILES string of the molecule is CC(C)c1cncc(C(C)C)c1CC(=O)N=S(N)(=O)c1sc(C(C)(C)O)nc1CO. The topological polar surface area (TPSA) is 139 Å². The second kappa shape index (κ2) is 9.19. The van der Waals surface area contributed by atoms with Gasteiger partial charge in [0.15, 0.2) is 9.92 Å². The van der Waals surface area contributed by atoms with Crippen LogP contribution in [0.15, 0.2) is 21.0 Å². The summed E-state index contributed by atoms with van der Waals surface area (Å²) in [6, 6.07) is 0. The van der Waals surface area contributed by atoms with Crippen LogP contribution >= 0.6 is 11.3 Å². The molecule has 1 amide bonds. The van der Waals surface area contributed by atoms with Crippen LogP contribution in [0.2, 0.25) is 0 Å². The van der Waals surface area contributed by atoms with Crippen molar-refractivity contribution in [3.63, 3.8) is 0 Å². The van der Waals surface area contributed by atoms with E-state index in [2.05, 4.69) is 14.3 Å². The molecular weight excluding hydrogens is 424 g/mol. The highest BCUT2D eigenvalue weighted by atomic mass is 32.2. The maximum absolute atomic E-state index is 13.1. The summed E-state index contributed by atoms with van der Waals surface area (Å²) in [6.07, 6.45) is 3.42. The number of nitrogens with two attached hydrogens (primary N) is 1. The van der Waals surface area contributed by atoms with E-state index in [4.69, 9.17) is 5.14 Å². The van der Waals surface area contributed by atoms with E-state index in [0.29, 0.717) is 0 Å². The van der Waals surface area contributed by atoms with Gasteiger partial charge in [0.2, 0.25) is 0 Å². The lowest BCUT2D eigenvalue weighted by Gasteiger charge is -2.17. The number of carbonyl (C=O) groups is 1. The van der Waals surface area contributed by atoms with Crippen molar-refractivity contribution in [2.75, 3.05) is 0 Å². The van der Waals surface area contributed by atoms with Gasteiger partial charge in [0.25, 0.3) is 5.91 Å². The molecule has 0 fully saturated rings. The van der Waals surface area contributed by atoms with Crippen molar-refractivity contribution in [2.45, 2.75) is 76.2 Å². The smallest absolute Gasteiger partial charge is 0.259 e. The zero-order chi connectivity index (χ0) is 22.9. The lowest BCUT2D eigenvalue weighted by molar-refractivity contribution is -0.117. The quantitative estimate of drug-likeness (QED) is 0.588. The molecule has 4 N–H and O–H groups in total. The van der Waals surface area contributed by atoms with Crippen LogP contribution in [0.3, 0.4) is 0 Å². The molecule has 0 aromatic carbocycles. The Bertz CT molecular complexity index is 1020. The summed E-state index contributed by atoms with van der Waals surface area (Å²) in [5.41, 5.74) is 1.44. The summed E-state index contributed by atoms with van der Waals surface area (Å²) in [5.74, 6) is -0.323. The molecule has 0 bridgehead atoms. The molecule has 2 aromatic heterocycles. The highest BCUT2D eigenvalue weighted by Gasteiger charge is 2.27. The Morgan fingerprint density at radius 1 is 1.23 bits per heavy atom. The van der Waals surface area contributed by atoms with Crippen LogP contribution < -0.4 is 5.14 Å². The average molecular weight is 455 g/mol. The third-order valence-corrected chi connectivity index (χ3v) is 7.95. The minimum absolute atomic E-state index is 0.00151. The van der Waals surface area contributed by atoms with Gasteiger partial charge >= 0.3 is 0 Å². The largest absolute Gasteiger partial charge is 0.390 e. The summed E-state index contributed by atoms with van der Waals surface area (Å²) in [7, 11) is -3.63. The third-order valence-electron chi connectivity index (χ3n) is 4.53. The minimum atomic E-state index is -3.63. The Morgan fingerprint density at radius 3 is 2.20 bits per heavy atom. The summed E-state index contributed by atoms with van der Waals surface area (Å²) in [5, 5.41) is 25.9. The molecule has 10 heteroatoms. The fraction of sp³-hybridized carbons (Fsp3) is 0.550. The number of pyridine rings is 1. The van der Waals surface area contributed by atoms with E-state index in [1.807, 2.05) is 27.7 Å². The number of aliphatic hydroxyl groups is 2. The normalized spacial score (nSPS) is 14.2. The van der Waals surface area contributed by atoms with E-state index in [0.717, 1.165) is 28.0 Å². The van der Waals surface area contributed by atoms with Crippen molar-refractivity contribution in [1.29, 1.82) is 0 Å². The Balaban J connectivity index is 2.49. The predicted molar refractivity (Wildman–Crippen MR) is 117 cm³/mol. The first-order valence-electron chi connectivity index (χ1n) is 9.65. The van der Waals surface area contributed by atoms with E-state index >= 15 is 0 Å². The van der Waals surface area contributed by atoms with Crippen molar-refractivity contribution in [2.24, 2.45) is 9.50 Å². The third kappa shape index (κ3) is 5.50. The molecule has 30 heavy (non-hydrogen) atoms. The molecule has 8 nitrogen and oxygen atoms in total. The molecule has 0 aliphatic carbocycles. The fourth-order valence-corrected chi connectivity index (χ4v) is 5.56. The van der Waals surface area contributed by atoms with Crippen molar-refractivity contribution in [3.8, 4) is 0 Å². The maximum atomic E-state index is 13.1. The van der Waals surface area contributed by atoms with Gasteiger partial charge in [0, 0.05) is 12.4 Å². The van der Waals surface area contributed by atoms with E-state index in [9.17, 15) is 19.2 Å². The van der Waals surface area contributed by atoms with Crippen LogP contribution in [-0.4, -0.2) is 30.3 Å². The van der Waals surface area contributed by atoms with Crippen LogP contribution in [0, 0.1) is 0 Å². The Morgan fingerprint density at radius 2 is 1.77 bits per heavy atom. The number of hydrogen-bond acceptors (Lipinski definition) is 7. The number of carbonyl (C=O) groups excluding carboxylic acids is 1. The van der Waals surface area contributed by atoms with E-state index in [-0.39, 0.29) is 33.2 Å². The molecule has 0 aliphatic heterocycles. The molecule has 0 radical (unpaired) electrons. The Hall–Kier alpha value is -1.72. The molecule has 2 rings (SSSR count). The van der Waals surface area contributed by atoms with Gasteiger partial charge in [-0.05, 0) is 42.4 Å². The lowest BCUT2D eigenvalue weighted by atomic mass is 9.89. The Labute approximate surface area is 181 Å². The molecule has 2 heterocycles. The summed E-state index contributed by atoms with van der Waals surface area (Å²) in [6.45, 7) is 10.6. The monoisotopic (exact) mass is 454 g/mol. The summed E-state index contributed by atoms with van der Waals surface area (Å²) in [4.78, 5) is 21.2.